The Balaban J connectivity index is 2.37. The Bertz CT molecular complexity index is 576. The Kier molecular flexibility index (Phi) is 3.85. The van der Waals surface area contributed by atoms with Gasteiger partial charge in [-0.25, -0.2) is 0 Å². The summed E-state index contributed by atoms with van der Waals surface area (Å²) in [6, 6.07) is 15.3. The normalized spacial score (nSPS) is 11.9. The molecule has 2 rings (SSSR count). The molecule has 1 atom stereocenters. The zero-order chi connectivity index (χ0) is 13.8. The summed E-state index contributed by atoms with van der Waals surface area (Å²) in [6.45, 7) is 2.06. The van der Waals surface area contributed by atoms with Crippen LogP contribution in [0.4, 0.5) is 0 Å². The van der Waals surface area contributed by atoms with Gasteiger partial charge in [0.15, 0.2) is 0 Å². The van der Waals surface area contributed by atoms with E-state index < -0.39 is 5.91 Å². The summed E-state index contributed by atoms with van der Waals surface area (Å²) in [5, 5.41) is 0. The second-order valence-corrected chi connectivity index (χ2v) is 4.45. The first kappa shape index (κ1) is 13.1. The molecule has 0 unspecified atom stereocenters. The molecule has 2 aromatic rings. The van der Waals surface area contributed by atoms with Gasteiger partial charge >= 0.3 is 0 Å². The van der Waals surface area contributed by atoms with Crippen LogP contribution in [0, 0.1) is 0 Å². The molecule has 0 aliphatic heterocycles. The topological polar surface area (TPSA) is 52.3 Å². The van der Waals surface area contributed by atoms with E-state index in [1.54, 1.807) is 13.2 Å². The highest BCUT2D eigenvalue weighted by Gasteiger charge is 2.15. The third kappa shape index (κ3) is 2.76. The molecular formula is C16H17NO2. The summed E-state index contributed by atoms with van der Waals surface area (Å²) in [5.74, 6) is 0.532. The van der Waals surface area contributed by atoms with Gasteiger partial charge in [0.05, 0.1) is 7.11 Å². The first-order valence-electron chi connectivity index (χ1n) is 6.16. The van der Waals surface area contributed by atoms with E-state index in [9.17, 15) is 4.79 Å². The van der Waals surface area contributed by atoms with Gasteiger partial charge in [0.2, 0.25) is 5.91 Å². The fraction of sp³-hybridized carbons (Fsp3) is 0.188. The van der Waals surface area contributed by atoms with E-state index in [0.717, 1.165) is 16.9 Å². The molecule has 3 nitrogen and oxygen atoms in total. The van der Waals surface area contributed by atoms with Crippen molar-refractivity contribution in [2.75, 3.05) is 7.11 Å². The highest BCUT2D eigenvalue weighted by atomic mass is 16.5. The van der Waals surface area contributed by atoms with Crippen LogP contribution in [0.15, 0.2) is 48.5 Å². The lowest BCUT2D eigenvalue weighted by Crippen LogP contribution is -2.15. The number of primary amides is 1. The van der Waals surface area contributed by atoms with Crippen molar-refractivity contribution in [3.05, 3.63) is 65.2 Å². The summed E-state index contributed by atoms with van der Waals surface area (Å²) in [7, 11) is 1.64. The lowest BCUT2D eigenvalue weighted by atomic mass is 9.89. The number of amides is 1. The monoisotopic (exact) mass is 255 g/mol. The van der Waals surface area contributed by atoms with Crippen molar-refractivity contribution in [2.24, 2.45) is 5.73 Å². The fourth-order valence-corrected chi connectivity index (χ4v) is 2.17. The van der Waals surface area contributed by atoms with Gasteiger partial charge in [-0.2, -0.15) is 0 Å². The largest absolute Gasteiger partial charge is 0.497 e. The van der Waals surface area contributed by atoms with Gasteiger partial charge in [-0.1, -0.05) is 37.3 Å². The Morgan fingerprint density at radius 3 is 2.32 bits per heavy atom. The summed E-state index contributed by atoms with van der Waals surface area (Å²) >= 11 is 0. The Morgan fingerprint density at radius 1 is 1.11 bits per heavy atom. The summed E-state index contributed by atoms with van der Waals surface area (Å²) in [5.41, 5.74) is 8.06. The predicted octanol–water partition coefficient (Wildman–Crippen LogP) is 2.95. The van der Waals surface area contributed by atoms with Crippen LogP contribution in [0.1, 0.15) is 34.3 Å². The number of hydrogen-bond donors (Lipinski definition) is 1. The van der Waals surface area contributed by atoms with Crippen LogP contribution in [0.2, 0.25) is 0 Å². The number of hydrogen-bond acceptors (Lipinski definition) is 2. The van der Waals surface area contributed by atoms with Crippen molar-refractivity contribution in [1.29, 1.82) is 0 Å². The van der Waals surface area contributed by atoms with E-state index in [1.807, 2.05) is 42.5 Å². The van der Waals surface area contributed by atoms with Crippen LogP contribution in [0.3, 0.4) is 0 Å². The fourth-order valence-electron chi connectivity index (χ4n) is 2.17. The van der Waals surface area contributed by atoms with E-state index in [0.29, 0.717) is 5.56 Å². The van der Waals surface area contributed by atoms with Crippen molar-refractivity contribution < 1.29 is 9.53 Å². The summed E-state index contributed by atoms with van der Waals surface area (Å²) < 4.78 is 5.14. The highest BCUT2D eigenvalue weighted by Crippen LogP contribution is 2.28. The molecule has 0 aliphatic carbocycles. The van der Waals surface area contributed by atoms with Gasteiger partial charge in [-0.15, -0.1) is 0 Å². The predicted molar refractivity (Wildman–Crippen MR) is 75.5 cm³/mol. The van der Waals surface area contributed by atoms with E-state index >= 15 is 0 Å². The van der Waals surface area contributed by atoms with Gasteiger partial charge < -0.3 is 10.5 Å². The van der Waals surface area contributed by atoms with Gasteiger partial charge in [-0.05, 0) is 29.3 Å². The molecule has 0 spiro atoms. The van der Waals surface area contributed by atoms with Crippen LogP contribution in [0.5, 0.6) is 5.75 Å². The summed E-state index contributed by atoms with van der Waals surface area (Å²) in [4.78, 5) is 11.5. The number of rotatable bonds is 4. The third-order valence-corrected chi connectivity index (χ3v) is 3.31. The molecule has 0 bridgehead atoms. The average molecular weight is 255 g/mol. The number of carbonyl (C=O) groups is 1. The Morgan fingerprint density at radius 2 is 1.74 bits per heavy atom. The van der Waals surface area contributed by atoms with Gasteiger partial charge in [0.1, 0.15) is 5.75 Å². The van der Waals surface area contributed by atoms with Crippen molar-refractivity contribution >= 4 is 5.91 Å². The molecule has 0 aliphatic rings. The summed E-state index contributed by atoms with van der Waals surface area (Å²) in [6.07, 6.45) is 0. The van der Waals surface area contributed by atoms with Crippen molar-refractivity contribution in [1.82, 2.24) is 0 Å². The molecule has 0 saturated carbocycles. The third-order valence-electron chi connectivity index (χ3n) is 3.31. The maximum absolute atomic E-state index is 11.5. The number of benzene rings is 2. The number of nitrogens with two attached hydrogens (primary N) is 1. The lowest BCUT2D eigenvalue weighted by molar-refractivity contribution is 0.0999. The molecule has 0 heterocycles. The minimum Gasteiger partial charge on any atom is -0.497 e. The van der Waals surface area contributed by atoms with Crippen LogP contribution in [-0.2, 0) is 0 Å². The van der Waals surface area contributed by atoms with Crippen molar-refractivity contribution in [2.45, 2.75) is 12.8 Å². The lowest BCUT2D eigenvalue weighted by Gasteiger charge is -2.15. The number of methoxy groups -OCH3 is 1. The molecule has 0 fully saturated rings. The minimum atomic E-state index is -0.393. The molecule has 0 radical (unpaired) electrons. The molecule has 19 heavy (non-hydrogen) atoms. The minimum absolute atomic E-state index is 0.106. The molecule has 0 saturated heterocycles. The molecular weight excluding hydrogens is 238 g/mol. The molecule has 2 aromatic carbocycles. The van der Waals surface area contributed by atoms with Crippen LogP contribution in [0.25, 0.3) is 0 Å². The Labute approximate surface area is 113 Å². The zero-order valence-corrected chi connectivity index (χ0v) is 11.1. The molecule has 1 amide bonds. The van der Waals surface area contributed by atoms with Crippen LogP contribution >= 0.6 is 0 Å². The van der Waals surface area contributed by atoms with Gasteiger partial charge in [0, 0.05) is 11.5 Å². The smallest absolute Gasteiger partial charge is 0.248 e. The molecule has 3 heteroatoms. The first-order valence-corrected chi connectivity index (χ1v) is 6.16. The van der Waals surface area contributed by atoms with Gasteiger partial charge in [-0.3, -0.25) is 4.79 Å². The number of ether oxygens (including phenoxy) is 1. The average Bonchev–Trinajstić information content (AvgIpc) is 2.46. The first-order chi connectivity index (χ1) is 9.13. The molecule has 0 aromatic heterocycles. The number of carbonyl (C=O) groups excluding carboxylic acids is 1. The molecule has 98 valence electrons. The van der Waals surface area contributed by atoms with E-state index in [4.69, 9.17) is 10.5 Å². The zero-order valence-electron chi connectivity index (χ0n) is 11.1. The Hall–Kier alpha value is -2.29. The van der Waals surface area contributed by atoms with Crippen LogP contribution < -0.4 is 10.5 Å². The highest BCUT2D eigenvalue weighted by molar-refractivity contribution is 5.94. The van der Waals surface area contributed by atoms with E-state index in [-0.39, 0.29) is 5.92 Å². The van der Waals surface area contributed by atoms with E-state index in [1.165, 1.54) is 0 Å². The van der Waals surface area contributed by atoms with Crippen LogP contribution in [-0.4, -0.2) is 13.0 Å². The standard InChI is InChI=1S/C16H17NO2/c1-11(12-7-9-13(19-2)10-8-12)14-5-3-4-6-15(14)16(17)18/h3-11H,1-2H3,(H2,17,18)/t11-/m0/s1. The maximum atomic E-state index is 11.5. The quantitative estimate of drug-likeness (QED) is 0.913. The van der Waals surface area contributed by atoms with Crippen molar-refractivity contribution in [3.8, 4) is 5.75 Å². The molecule has 2 N–H and O–H groups in total. The van der Waals surface area contributed by atoms with Crippen molar-refractivity contribution in [3.63, 3.8) is 0 Å². The SMILES string of the molecule is COc1ccc([C@H](C)c2ccccc2C(N)=O)cc1. The van der Waals surface area contributed by atoms with E-state index in [2.05, 4.69) is 6.92 Å². The second kappa shape index (κ2) is 5.57. The van der Waals surface area contributed by atoms with Gasteiger partial charge in [0.25, 0.3) is 0 Å². The second-order valence-electron chi connectivity index (χ2n) is 4.45. The maximum Gasteiger partial charge on any atom is 0.248 e.